The van der Waals surface area contributed by atoms with Crippen LogP contribution in [0.3, 0.4) is 0 Å². The van der Waals surface area contributed by atoms with E-state index in [1.165, 1.54) is 24.3 Å². The summed E-state index contributed by atoms with van der Waals surface area (Å²) in [6.45, 7) is -1.01. The van der Waals surface area contributed by atoms with Gasteiger partial charge in [-0.2, -0.15) is 35.1 Å². The molecular weight excluding hydrogens is 462 g/mol. The standard InChI is InChI=1S/C18H11F8NO3S/c19-16(20)31-13-3-1-12(2-4-13)27-14(28)8-30-15(29)9-5-10(17(21,22)23)7-11(6-9)18(24,25)26/h1-7,16H,8H2,(H,27,28). The van der Waals surface area contributed by atoms with Crippen molar-refractivity contribution in [3.05, 3.63) is 59.2 Å². The van der Waals surface area contributed by atoms with Gasteiger partial charge in [0, 0.05) is 10.6 Å². The van der Waals surface area contributed by atoms with Crippen molar-refractivity contribution in [3.63, 3.8) is 0 Å². The Hall–Kier alpha value is -2.83. The monoisotopic (exact) mass is 473 g/mol. The van der Waals surface area contributed by atoms with Crippen molar-refractivity contribution in [1.82, 2.24) is 0 Å². The van der Waals surface area contributed by atoms with Crippen molar-refractivity contribution >= 4 is 29.3 Å². The number of benzene rings is 2. The molecule has 168 valence electrons. The van der Waals surface area contributed by atoms with Gasteiger partial charge in [0.1, 0.15) is 0 Å². The van der Waals surface area contributed by atoms with Crippen molar-refractivity contribution in [1.29, 1.82) is 0 Å². The highest BCUT2D eigenvalue weighted by molar-refractivity contribution is 7.99. The first-order chi connectivity index (χ1) is 14.3. The zero-order valence-electron chi connectivity index (χ0n) is 15.0. The third kappa shape index (κ3) is 7.42. The molecular formula is C18H11F8NO3S. The number of esters is 1. The van der Waals surface area contributed by atoms with Crippen molar-refractivity contribution in [2.75, 3.05) is 11.9 Å². The van der Waals surface area contributed by atoms with Crippen molar-refractivity contribution in [3.8, 4) is 0 Å². The van der Waals surface area contributed by atoms with Crippen LogP contribution in [-0.2, 0) is 21.9 Å². The lowest BCUT2D eigenvalue weighted by molar-refractivity contribution is -0.143. The molecule has 0 spiro atoms. The Labute approximate surface area is 173 Å². The number of halogens is 8. The van der Waals surface area contributed by atoms with Crippen LogP contribution in [0.5, 0.6) is 0 Å². The van der Waals surface area contributed by atoms with Crippen LogP contribution in [0.25, 0.3) is 0 Å². The van der Waals surface area contributed by atoms with E-state index < -0.39 is 53.3 Å². The average molecular weight is 473 g/mol. The molecule has 0 saturated heterocycles. The minimum absolute atomic E-state index is 0.137. The fourth-order valence-corrected chi connectivity index (χ4v) is 2.70. The Balaban J connectivity index is 2.05. The molecule has 1 amide bonds. The number of rotatable bonds is 6. The first-order valence-corrected chi connectivity index (χ1v) is 8.95. The zero-order chi connectivity index (χ0) is 23.4. The number of ether oxygens (including phenoxy) is 1. The molecule has 0 aromatic heterocycles. The number of anilines is 1. The second kappa shape index (κ2) is 9.54. The lowest BCUT2D eigenvalue weighted by Crippen LogP contribution is -2.21. The van der Waals surface area contributed by atoms with Crippen molar-refractivity contribution in [2.45, 2.75) is 23.0 Å². The van der Waals surface area contributed by atoms with E-state index in [1.54, 1.807) is 0 Å². The van der Waals surface area contributed by atoms with E-state index in [9.17, 15) is 44.7 Å². The van der Waals surface area contributed by atoms with Gasteiger partial charge in [-0.1, -0.05) is 11.8 Å². The lowest BCUT2D eigenvalue weighted by Gasteiger charge is -2.14. The number of alkyl halides is 8. The van der Waals surface area contributed by atoms with Gasteiger partial charge in [-0.05, 0) is 42.5 Å². The summed E-state index contributed by atoms with van der Waals surface area (Å²) in [6, 6.07) is 5.29. The van der Waals surface area contributed by atoms with E-state index in [4.69, 9.17) is 0 Å². The number of nitrogens with one attached hydrogen (secondary N) is 1. The minimum Gasteiger partial charge on any atom is -0.452 e. The van der Waals surface area contributed by atoms with E-state index in [1.807, 2.05) is 0 Å². The summed E-state index contributed by atoms with van der Waals surface area (Å²) in [5.74, 6) is -5.17. The normalized spacial score (nSPS) is 12.0. The summed E-state index contributed by atoms with van der Waals surface area (Å²) >= 11 is 0.268. The van der Waals surface area contributed by atoms with Crippen LogP contribution in [0.1, 0.15) is 21.5 Å². The Bertz CT molecular complexity index is 910. The Morgan fingerprint density at radius 2 is 1.42 bits per heavy atom. The van der Waals surface area contributed by atoms with E-state index >= 15 is 0 Å². The predicted molar refractivity (Wildman–Crippen MR) is 93.7 cm³/mol. The van der Waals surface area contributed by atoms with Crippen LogP contribution in [-0.4, -0.2) is 24.2 Å². The molecule has 0 aliphatic rings. The van der Waals surface area contributed by atoms with E-state index in [-0.39, 0.29) is 40.5 Å². The van der Waals surface area contributed by atoms with Crippen LogP contribution in [0.4, 0.5) is 40.8 Å². The highest BCUT2D eigenvalue weighted by Crippen LogP contribution is 2.36. The van der Waals surface area contributed by atoms with Crippen LogP contribution in [0.2, 0.25) is 0 Å². The number of hydrogen-bond acceptors (Lipinski definition) is 4. The van der Waals surface area contributed by atoms with E-state index in [2.05, 4.69) is 10.1 Å². The molecule has 31 heavy (non-hydrogen) atoms. The summed E-state index contributed by atoms with van der Waals surface area (Å²) in [7, 11) is 0. The summed E-state index contributed by atoms with van der Waals surface area (Å²) in [4.78, 5) is 23.9. The molecule has 0 aliphatic carbocycles. The number of thioether (sulfide) groups is 1. The Kier molecular flexibility index (Phi) is 7.52. The third-order valence-corrected chi connectivity index (χ3v) is 4.24. The third-order valence-electron chi connectivity index (χ3n) is 3.52. The summed E-state index contributed by atoms with van der Waals surface area (Å²) in [5.41, 5.74) is -4.32. The van der Waals surface area contributed by atoms with Crippen LogP contribution in [0.15, 0.2) is 47.4 Å². The molecule has 0 aliphatic heterocycles. The van der Waals surface area contributed by atoms with E-state index in [0.717, 1.165) is 0 Å². The maximum atomic E-state index is 12.8. The fourth-order valence-electron chi connectivity index (χ4n) is 2.20. The molecule has 2 aromatic rings. The quantitative estimate of drug-likeness (QED) is 0.326. The molecule has 2 aromatic carbocycles. The first kappa shape index (κ1) is 24.4. The largest absolute Gasteiger partial charge is 0.452 e. The maximum Gasteiger partial charge on any atom is 0.416 e. The smallest absolute Gasteiger partial charge is 0.416 e. The summed E-state index contributed by atoms with van der Waals surface area (Å²) in [5, 5.41) is 2.23. The summed E-state index contributed by atoms with van der Waals surface area (Å²) < 4.78 is 106. The van der Waals surface area contributed by atoms with Crippen molar-refractivity contribution < 1.29 is 49.4 Å². The Morgan fingerprint density at radius 3 is 1.87 bits per heavy atom. The second-order valence-corrected chi connectivity index (χ2v) is 6.89. The molecule has 0 radical (unpaired) electrons. The molecule has 1 N–H and O–H groups in total. The van der Waals surface area contributed by atoms with Crippen LogP contribution in [0, 0.1) is 0 Å². The molecule has 0 fully saturated rings. The van der Waals surface area contributed by atoms with Gasteiger partial charge < -0.3 is 10.1 Å². The van der Waals surface area contributed by atoms with E-state index in [0.29, 0.717) is 0 Å². The van der Waals surface area contributed by atoms with Gasteiger partial charge in [0.05, 0.1) is 16.7 Å². The average Bonchev–Trinajstić information content (AvgIpc) is 2.65. The topological polar surface area (TPSA) is 55.4 Å². The summed E-state index contributed by atoms with van der Waals surface area (Å²) in [6.07, 6.45) is -10.3. The maximum absolute atomic E-state index is 12.8. The highest BCUT2D eigenvalue weighted by atomic mass is 32.2. The predicted octanol–water partition coefficient (Wildman–Crippen LogP) is 5.83. The number of amides is 1. The van der Waals surface area contributed by atoms with Gasteiger partial charge in [0.15, 0.2) is 6.61 Å². The first-order valence-electron chi connectivity index (χ1n) is 8.07. The van der Waals surface area contributed by atoms with Gasteiger partial charge in [-0.3, -0.25) is 4.79 Å². The molecule has 0 unspecified atom stereocenters. The van der Waals surface area contributed by atoms with Gasteiger partial charge in [-0.25, -0.2) is 4.79 Å². The SMILES string of the molecule is O=C(COC(=O)c1cc(C(F)(F)F)cc(C(F)(F)F)c1)Nc1ccc(SC(F)F)cc1. The van der Waals surface area contributed by atoms with Crippen LogP contribution >= 0.6 is 11.8 Å². The molecule has 0 bridgehead atoms. The molecule has 0 saturated carbocycles. The van der Waals surface area contributed by atoms with Gasteiger partial charge >= 0.3 is 18.3 Å². The molecule has 2 rings (SSSR count). The zero-order valence-corrected chi connectivity index (χ0v) is 15.8. The molecule has 13 heteroatoms. The van der Waals surface area contributed by atoms with Crippen molar-refractivity contribution in [2.24, 2.45) is 0 Å². The fraction of sp³-hybridized carbons (Fsp3) is 0.222. The van der Waals surface area contributed by atoms with Gasteiger partial charge in [-0.15, -0.1) is 0 Å². The highest BCUT2D eigenvalue weighted by Gasteiger charge is 2.37. The number of carbonyl (C=O) groups is 2. The molecule has 4 nitrogen and oxygen atoms in total. The van der Waals surface area contributed by atoms with Crippen LogP contribution < -0.4 is 5.32 Å². The number of carbonyl (C=O) groups excluding carboxylic acids is 2. The second-order valence-electron chi connectivity index (χ2n) is 5.82. The molecule has 0 heterocycles. The minimum atomic E-state index is -5.15. The Morgan fingerprint density at radius 1 is 0.903 bits per heavy atom. The van der Waals surface area contributed by atoms with Gasteiger partial charge in [0.25, 0.3) is 11.7 Å². The number of hydrogen-bond donors (Lipinski definition) is 1. The van der Waals surface area contributed by atoms with Gasteiger partial charge in [0.2, 0.25) is 0 Å². The lowest BCUT2D eigenvalue weighted by atomic mass is 10.0. The molecule has 0 atom stereocenters.